The molecule has 1 amide bonds. The number of likely N-dealkylation sites (tertiary alicyclic amines) is 1. The van der Waals surface area contributed by atoms with E-state index in [4.69, 9.17) is 4.74 Å². The van der Waals surface area contributed by atoms with Crippen LogP contribution in [0.4, 0.5) is 0 Å². The highest BCUT2D eigenvalue weighted by Crippen LogP contribution is 2.45. The third-order valence-corrected chi connectivity index (χ3v) is 6.51. The molecule has 0 saturated carbocycles. The molecule has 1 aromatic heterocycles. The molecule has 1 saturated heterocycles. The van der Waals surface area contributed by atoms with E-state index in [1.807, 2.05) is 18.2 Å². The number of carbonyl (C=O) groups excluding carboxylic acids is 1. The van der Waals surface area contributed by atoms with Crippen LogP contribution in [0.2, 0.25) is 0 Å². The van der Waals surface area contributed by atoms with Gasteiger partial charge in [-0.15, -0.1) is 0 Å². The standard InChI is InChI=1S/C21H19N3O2S/c25-19-18(13-15-5-9-22-10-6-15)27-20(23-19)24-11-7-21(8-12-24)17-4-2-1-3-16(17)14-26-21/h1-6,9-10,13H,7-8,11-12,14H2/b18-13+. The number of aromatic nitrogens is 1. The van der Waals surface area contributed by atoms with Crippen molar-refractivity contribution in [2.75, 3.05) is 13.1 Å². The largest absolute Gasteiger partial charge is 0.365 e. The van der Waals surface area contributed by atoms with Crippen molar-refractivity contribution in [1.29, 1.82) is 0 Å². The van der Waals surface area contributed by atoms with Crippen molar-refractivity contribution in [2.24, 2.45) is 4.99 Å². The lowest BCUT2D eigenvalue weighted by Gasteiger charge is -2.39. The van der Waals surface area contributed by atoms with Gasteiger partial charge in [-0.3, -0.25) is 9.78 Å². The fraction of sp³-hybridized carbons (Fsp3) is 0.286. The zero-order valence-corrected chi connectivity index (χ0v) is 15.6. The first-order valence-corrected chi connectivity index (χ1v) is 9.95. The highest BCUT2D eigenvalue weighted by atomic mass is 32.2. The zero-order chi connectivity index (χ0) is 18.3. The second-order valence-electron chi connectivity index (χ2n) is 7.02. The summed E-state index contributed by atoms with van der Waals surface area (Å²) in [4.78, 5) is 23.5. The molecule has 0 radical (unpaired) electrons. The molecule has 0 atom stereocenters. The number of hydrogen-bond donors (Lipinski definition) is 0. The molecule has 0 aliphatic carbocycles. The SMILES string of the molecule is O=C1N=C(N2CCC3(CC2)OCc2ccccc23)S/C1=C/c1ccncc1. The second-order valence-corrected chi connectivity index (χ2v) is 8.03. The lowest BCUT2D eigenvalue weighted by atomic mass is 9.84. The quantitative estimate of drug-likeness (QED) is 0.711. The lowest BCUT2D eigenvalue weighted by Crippen LogP contribution is -2.44. The van der Waals surface area contributed by atoms with Gasteiger partial charge in [0.2, 0.25) is 0 Å². The Labute approximate surface area is 162 Å². The first-order valence-electron chi connectivity index (χ1n) is 9.13. The number of benzene rings is 1. The van der Waals surface area contributed by atoms with Gasteiger partial charge in [-0.05, 0) is 59.5 Å². The van der Waals surface area contributed by atoms with Crippen molar-refractivity contribution in [3.05, 3.63) is 70.4 Å². The van der Waals surface area contributed by atoms with E-state index in [0.29, 0.717) is 11.5 Å². The number of thioether (sulfide) groups is 1. The molecule has 1 aromatic carbocycles. The van der Waals surface area contributed by atoms with Gasteiger partial charge in [0.15, 0.2) is 5.17 Å². The highest BCUT2D eigenvalue weighted by Gasteiger charge is 2.43. The molecule has 1 fully saturated rings. The fourth-order valence-electron chi connectivity index (χ4n) is 4.00. The van der Waals surface area contributed by atoms with Gasteiger partial charge in [0.25, 0.3) is 5.91 Å². The van der Waals surface area contributed by atoms with Crippen LogP contribution in [0.1, 0.15) is 29.5 Å². The van der Waals surface area contributed by atoms with Gasteiger partial charge in [0.05, 0.1) is 17.1 Å². The van der Waals surface area contributed by atoms with Crippen LogP contribution in [0.25, 0.3) is 6.08 Å². The van der Waals surface area contributed by atoms with Crippen LogP contribution in [0, 0.1) is 0 Å². The predicted molar refractivity (Wildman–Crippen MR) is 106 cm³/mol. The minimum absolute atomic E-state index is 0.158. The molecule has 5 nitrogen and oxygen atoms in total. The van der Waals surface area contributed by atoms with Gasteiger partial charge in [-0.25, -0.2) is 0 Å². The number of rotatable bonds is 1. The van der Waals surface area contributed by atoms with E-state index in [1.165, 1.54) is 22.9 Å². The molecule has 136 valence electrons. The average Bonchev–Trinajstić information content (AvgIpc) is 3.25. The van der Waals surface area contributed by atoms with Gasteiger partial charge >= 0.3 is 0 Å². The van der Waals surface area contributed by atoms with Crippen LogP contribution >= 0.6 is 11.8 Å². The number of fused-ring (bicyclic) bond motifs is 2. The molecule has 0 bridgehead atoms. The summed E-state index contributed by atoms with van der Waals surface area (Å²) >= 11 is 1.46. The third-order valence-electron chi connectivity index (χ3n) is 5.47. The summed E-state index contributed by atoms with van der Waals surface area (Å²) in [7, 11) is 0. The molecular formula is C21H19N3O2S. The van der Waals surface area contributed by atoms with Crippen molar-refractivity contribution < 1.29 is 9.53 Å². The van der Waals surface area contributed by atoms with E-state index in [2.05, 4.69) is 39.1 Å². The first kappa shape index (κ1) is 16.7. The zero-order valence-electron chi connectivity index (χ0n) is 14.8. The smallest absolute Gasteiger partial charge is 0.286 e. The van der Waals surface area contributed by atoms with Gasteiger partial charge in [-0.1, -0.05) is 24.3 Å². The summed E-state index contributed by atoms with van der Waals surface area (Å²) in [5.41, 5.74) is 3.43. The van der Waals surface area contributed by atoms with Gasteiger partial charge in [0.1, 0.15) is 0 Å². The first-order chi connectivity index (χ1) is 13.2. The Balaban J connectivity index is 1.29. The number of nitrogens with zero attached hydrogens (tertiary/aromatic N) is 3. The van der Waals surface area contributed by atoms with Crippen molar-refractivity contribution in [3.8, 4) is 0 Å². The number of hydrogen-bond acceptors (Lipinski definition) is 5. The number of piperidine rings is 1. The Morgan fingerprint density at radius 3 is 2.70 bits per heavy atom. The molecule has 0 N–H and O–H groups in total. The average molecular weight is 377 g/mol. The van der Waals surface area contributed by atoms with E-state index >= 15 is 0 Å². The van der Waals surface area contributed by atoms with E-state index in [9.17, 15) is 4.79 Å². The van der Waals surface area contributed by atoms with Crippen molar-refractivity contribution >= 4 is 28.9 Å². The summed E-state index contributed by atoms with van der Waals surface area (Å²) in [6.07, 6.45) is 7.17. The number of ether oxygens (including phenoxy) is 1. The fourth-order valence-corrected chi connectivity index (χ4v) is 4.97. The maximum absolute atomic E-state index is 12.3. The van der Waals surface area contributed by atoms with Crippen molar-refractivity contribution in [2.45, 2.75) is 25.0 Å². The van der Waals surface area contributed by atoms with E-state index in [1.54, 1.807) is 12.4 Å². The molecule has 5 rings (SSSR count). The summed E-state index contributed by atoms with van der Waals surface area (Å²) in [5.74, 6) is -0.158. The van der Waals surface area contributed by atoms with Crippen LogP contribution in [0.5, 0.6) is 0 Å². The molecule has 4 heterocycles. The predicted octanol–water partition coefficient (Wildman–Crippen LogP) is 3.57. The number of aliphatic imine (C=N–C) groups is 1. The highest BCUT2D eigenvalue weighted by molar-refractivity contribution is 8.18. The summed E-state index contributed by atoms with van der Waals surface area (Å²) in [6.45, 7) is 2.38. The van der Waals surface area contributed by atoms with Crippen LogP contribution in [0.15, 0.2) is 58.7 Å². The number of carbonyl (C=O) groups is 1. The summed E-state index contributed by atoms with van der Waals surface area (Å²) < 4.78 is 6.23. The lowest BCUT2D eigenvalue weighted by molar-refractivity contribution is -0.113. The monoisotopic (exact) mass is 377 g/mol. The van der Waals surface area contributed by atoms with Gasteiger partial charge < -0.3 is 9.64 Å². The molecule has 0 unspecified atom stereocenters. The van der Waals surface area contributed by atoms with Crippen LogP contribution in [-0.4, -0.2) is 34.0 Å². The Hall–Kier alpha value is -2.44. The molecule has 3 aliphatic heterocycles. The topological polar surface area (TPSA) is 54.8 Å². The molecule has 2 aromatic rings. The molecule has 27 heavy (non-hydrogen) atoms. The summed E-state index contributed by atoms with van der Waals surface area (Å²) in [5, 5.41) is 0.807. The van der Waals surface area contributed by atoms with E-state index in [-0.39, 0.29) is 11.5 Å². The van der Waals surface area contributed by atoms with Gasteiger partial charge in [-0.2, -0.15) is 4.99 Å². The second kappa shape index (κ2) is 6.62. The molecule has 1 spiro atoms. The Morgan fingerprint density at radius 1 is 1.11 bits per heavy atom. The molecular weight excluding hydrogens is 358 g/mol. The third kappa shape index (κ3) is 2.99. The van der Waals surface area contributed by atoms with E-state index in [0.717, 1.165) is 36.7 Å². The van der Waals surface area contributed by atoms with Crippen LogP contribution in [0.3, 0.4) is 0 Å². The van der Waals surface area contributed by atoms with Crippen LogP contribution < -0.4 is 0 Å². The Morgan fingerprint density at radius 2 is 1.89 bits per heavy atom. The summed E-state index contributed by atoms with van der Waals surface area (Å²) in [6, 6.07) is 12.3. The Bertz CT molecular complexity index is 947. The van der Waals surface area contributed by atoms with Crippen molar-refractivity contribution in [1.82, 2.24) is 9.88 Å². The maximum Gasteiger partial charge on any atom is 0.286 e. The number of amidine groups is 1. The molecule has 6 heteroatoms. The number of amides is 1. The minimum atomic E-state index is -0.170. The van der Waals surface area contributed by atoms with E-state index < -0.39 is 0 Å². The molecule has 3 aliphatic rings. The van der Waals surface area contributed by atoms with Crippen LogP contribution in [-0.2, 0) is 21.7 Å². The number of pyridine rings is 1. The Kier molecular flexibility index (Phi) is 4.10. The van der Waals surface area contributed by atoms with Crippen molar-refractivity contribution in [3.63, 3.8) is 0 Å². The van der Waals surface area contributed by atoms with Gasteiger partial charge in [0, 0.05) is 25.5 Å². The maximum atomic E-state index is 12.3. The minimum Gasteiger partial charge on any atom is -0.365 e. The normalized spacial score (nSPS) is 22.4.